The predicted molar refractivity (Wildman–Crippen MR) is 368 cm³/mol. The molecule has 2 heterocycles. The van der Waals surface area contributed by atoms with Gasteiger partial charge in [0.1, 0.15) is 0 Å². The summed E-state index contributed by atoms with van der Waals surface area (Å²) in [5, 5.41) is 12.7. The summed E-state index contributed by atoms with van der Waals surface area (Å²) in [5.74, 6) is 0. The zero-order valence-electron chi connectivity index (χ0n) is 50.6. The zero-order valence-corrected chi connectivity index (χ0v) is 50.6. The topological polar surface area (TPSA) is 16.3 Å². The van der Waals surface area contributed by atoms with Crippen molar-refractivity contribution in [2.45, 2.75) is 117 Å². The van der Waals surface area contributed by atoms with E-state index in [-0.39, 0.29) is 10.8 Å². The van der Waals surface area contributed by atoms with Gasteiger partial charge in [-0.05, 0) is 203 Å². The van der Waals surface area contributed by atoms with Crippen LogP contribution < -0.4 is 9.80 Å². The van der Waals surface area contributed by atoms with Gasteiger partial charge in [-0.1, -0.05) is 187 Å². The lowest BCUT2D eigenvalue weighted by Gasteiger charge is -2.33. The zero-order chi connectivity index (χ0) is 58.0. The summed E-state index contributed by atoms with van der Waals surface area (Å²) < 4.78 is 5.12. The minimum atomic E-state index is -0.0203. The van der Waals surface area contributed by atoms with Crippen LogP contribution in [0.25, 0.3) is 87.3 Å². The van der Waals surface area contributed by atoms with Crippen LogP contribution in [0.2, 0.25) is 0 Å². The van der Waals surface area contributed by atoms with Crippen LogP contribution in [0.3, 0.4) is 0 Å². The highest BCUT2D eigenvalue weighted by atomic mass is 15.2. The van der Waals surface area contributed by atoms with Crippen molar-refractivity contribution >= 4 is 110 Å². The Kier molecular flexibility index (Phi) is 12.4. The number of fused-ring (bicyclic) bond motifs is 8. The molecule has 0 radical (unpaired) electrons. The van der Waals surface area contributed by atoms with E-state index in [1.54, 1.807) is 0 Å². The lowest BCUT2D eigenvalue weighted by molar-refractivity contribution is 0.504. The fourth-order valence-corrected chi connectivity index (χ4v) is 15.5. The van der Waals surface area contributed by atoms with Crippen LogP contribution in [0.4, 0.5) is 34.1 Å². The monoisotopic (exact) mass is 1110 g/mol. The Hall–Kier alpha value is -9.12. The number of anilines is 6. The number of nitrogens with zero attached hydrogens (tertiary/aromatic N) is 4. The van der Waals surface area contributed by atoms with Gasteiger partial charge in [0.25, 0.3) is 0 Å². The molecule has 0 spiro atoms. The average molecular weight is 1120 g/mol. The quantitative estimate of drug-likeness (QED) is 0.113. The molecule has 0 saturated heterocycles. The van der Waals surface area contributed by atoms with E-state index in [1.807, 2.05) is 0 Å². The molecule has 0 aliphatic heterocycles. The largest absolute Gasteiger partial charge is 0.310 e. The van der Waals surface area contributed by atoms with Gasteiger partial charge in [0.05, 0.1) is 33.4 Å². The second-order valence-electron chi connectivity index (χ2n) is 26.1. The SMILES string of the molecule is CCC(C)(C)c1ccccc1-n1c2ccccc2c2ccc(N(c3cccc4c3CCCC4)c3ccc4ccc5c(N(c6ccc7c8ccccc8n(-c8ccccc8C(C)(C)CC)c7c6)c6cccc7c6CCCC7)ccc6ccc3c4c65)cc21. The van der Waals surface area contributed by atoms with E-state index < -0.39 is 0 Å². The van der Waals surface area contributed by atoms with Crippen LogP contribution in [-0.4, -0.2) is 9.13 Å². The van der Waals surface area contributed by atoms with Crippen LogP contribution in [-0.2, 0) is 36.5 Å². The Morgan fingerprint density at radius 2 is 0.721 bits per heavy atom. The molecule has 422 valence electrons. The third-order valence-electron chi connectivity index (χ3n) is 20.7. The van der Waals surface area contributed by atoms with Crippen molar-refractivity contribution in [3.8, 4) is 11.4 Å². The molecule has 86 heavy (non-hydrogen) atoms. The van der Waals surface area contributed by atoms with Gasteiger partial charge in [-0.15, -0.1) is 0 Å². The van der Waals surface area contributed by atoms with E-state index in [9.17, 15) is 0 Å². The summed E-state index contributed by atoms with van der Waals surface area (Å²) in [5.41, 5.74) is 23.3. The van der Waals surface area contributed by atoms with E-state index in [0.29, 0.717) is 0 Å². The maximum Gasteiger partial charge on any atom is 0.0562 e. The molecule has 4 heteroatoms. The van der Waals surface area contributed by atoms with Crippen LogP contribution in [0.1, 0.15) is 113 Å². The molecule has 0 fully saturated rings. The van der Waals surface area contributed by atoms with Gasteiger partial charge in [0, 0.05) is 66.4 Å². The van der Waals surface area contributed by atoms with E-state index in [0.717, 1.165) is 49.9 Å². The lowest BCUT2D eigenvalue weighted by atomic mass is 9.81. The first kappa shape index (κ1) is 52.4. The Labute approximate surface area is 505 Å². The van der Waals surface area contributed by atoms with Gasteiger partial charge in [-0.3, -0.25) is 0 Å². The van der Waals surface area contributed by atoms with E-state index in [1.165, 1.54) is 169 Å². The van der Waals surface area contributed by atoms with E-state index in [2.05, 4.69) is 279 Å². The third-order valence-corrected chi connectivity index (χ3v) is 20.7. The Morgan fingerprint density at radius 1 is 0.337 bits per heavy atom. The van der Waals surface area contributed by atoms with Gasteiger partial charge in [0.15, 0.2) is 0 Å². The number of benzene rings is 12. The fourth-order valence-electron chi connectivity index (χ4n) is 15.5. The predicted octanol–water partition coefficient (Wildman–Crippen LogP) is 22.9. The van der Waals surface area contributed by atoms with Crippen molar-refractivity contribution in [2.75, 3.05) is 9.80 Å². The molecule has 16 rings (SSSR count). The van der Waals surface area contributed by atoms with Crippen LogP contribution in [0.15, 0.2) is 218 Å². The molecule has 0 atom stereocenters. The second-order valence-corrected chi connectivity index (χ2v) is 26.1. The maximum atomic E-state index is 2.64. The Balaban J connectivity index is 0.944. The van der Waals surface area contributed by atoms with Crippen LogP contribution in [0.5, 0.6) is 0 Å². The molecule has 4 nitrogen and oxygen atoms in total. The van der Waals surface area contributed by atoms with Crippen molar-refractivity contribution in [1.29, 1.82) is 0 Å². The number of hydrogen-bond acceptors (Lipinski definition) is 2. The minimum absolute atomic E-state index is 0.0203. The smallest absolute Gasteiger partial charge is 0.0562 e. The molecule has 0 saturated carbocycles. The van der Waals surface area contributed by atoms with Crippen LogP contribution in [0, 0.1) is 0 Å². The molecular formula is C82H74N4. The van der Waals surface area contributed by atoms with Crippen molar-refractivity contribution < 1.29 is 0 Å². The normalized spacial score (nSPS) is 13.9. The summed E-state index contributed by atoms with van der Waals surface area (Å²) in [4.78, 5) is 5.27. The molecule has 0 N–H and O–H groups in total. The second kappa shape index (κ2) is 20.3. The molecule has 14 aromatic rings. The number of rotatable bonds is 12. The maximum absolute atomic E-state index is 2.64. The summed E-state index contributed by atoms with van der Waals surface area (Å²) in [7, 11) is 0. The molecular weight excluding hydrogens is 1040 g/mol. The van der Waals surface area contributed by atoms with Gasteiger partial charge < -0.3 is 18.9 Å². The van der Waals surface area contributed by atoms with Crippen molar-refractivity contribution in [1.82, 2.24) is 9.13 Å². The molecule has 0 bridgehead atoms. The minimum Gasteiger partial charge on any atom is -0.310 e. The fraction of sp³-hybridized carbons (Fsp3) is 0.220. The van der Waals surface area contributed by atoms with Gasteiger partial charge in [0.2, 0.25) is 0 Å². The molecule has 0 amide bonds. The van der Waals surface area contributed by atoms with E-state index >= 15 is 0 Å². The first-order chi connectivity index (χ1) is 42.1. The highest BCUT2D eigenvalue weighted by Gasteiger charge is 2.30. The van der Waals surface area contributed by atoms with Crippen LogP contribution >= 0.6 is 0 Å². The van der Waals surface area contributed by atoms with Gasteiger partial charge >= 0.3 is 0 Å². The number of aromatic nitrogens is 2. The first-order valence-corrected chi connectivity index (χ1v) is 31.9. The average Bonchev–Trinajstić information content (AvgIpc) is 1.15. The molecule has 12 aromatic carbocycles. The molecule has 2 aromatic heterocycles. The summed E-state index contributed by atoms with van der Waals surface area (Å²) >= 11 is 0. The Bertz CT molecular complexity index is 4690. The number of aryl methyl sites for hydroxylation is 2. The summed E-state index contributed by atoms with van der Waals surface area (Å²) in [6, 6.07) is 84.4. The summed E-state index contributed by atoms with van der Waals surface area (Å²) in [6.07, 6.45) is 11.3. The van der Waals surface area contributed by atoms with E-state index in [4.69, 9.17) is 0 Å². The molecule has 2 aliphatic rings. The molecule has 2 aliphatic carbocycles. The van der Waals surface area contributed by atoms with Crippen molar-refractivity contribution in [3.63, 3.8) is 0 Å². The summed E-state index contributed by atoms with van der Waals surface area (Å²) in [6.45, 7) is 14.2. The lowest BCUT2D eigenvalue weighted by Crippen LogP contribution is -2.18. The number of hydrogen-bond donors (Lipinski definition) is 0. The number of para-hydroxylation sites is 4. The van der Waals surface area contributed by atoms with Gasteiger partial charge in [-0.2, -0.15) is 0 Å². The van der Waals surface area contributed by atoms with Crippen molar-refractivity contribution in [3.05, 3.63) is 252 Å². The standard InChI is InChI=1S/C82H74N4/c1-7-81(3,4)67-31-15-19-35-75(67)85-71-33-17-13-29-61(71)63-47-43-57(51-77(63)85)83(69-37-21-25-53-23-9-11-27-59(53)69)73-49-41-55-40-46-66-74(50-42-56-39-45-65(73)79(55)80(56)66)84(70-38-22-26-54-24-10-12-28-60(54)70)58-44-48-64-62-30-14-18-34-72(62)86(78(64)52-58)76-36-20-16-32-68(76)82(5,6)8-2/h13-22,25-26,29-52H,7-12,23-24,27-28H2,1-6H3. The first-order valence-electron chi connectivity index (χ1n) is 31.9. The molecule has 0 unspecified atom stereocenters. The highest BCUT2D eigenvalue weighted by molar-refractivity contribution is 6.28. The van der Waals surface area contributed by atoms with Crippen molar-refractivity contribution in [2.24, 2.45) is 0 Å². The highest BCUT2D eigenvalue weighted by Crippen LogP contribution is 2.52. The Morgan fingerprint density at radius 3 is 1.17 bits per heavy atom. The van der Waals surface area contributed by atoms with Gasteiger partial charge in [-0.25, -0.2) is 0 Å². The third kappa shape index (κ3) is 8.08.